The first-order valence-electron chi connectivity index (χ1n) is 10.1. The normalized spacial score (nSPS) is 11.1. The van der Waals surface area contributed by atoms with Crippen LogP contribution in [0, 0.1) is 4.91 Å². The second kappa shape index (κ2) is 9.00. The average molecular weight is 414 g/mol. The Kier molecular flexibility index (Phi) is 6.40. The predicted molar refractivity (Wildman–Crippen MR) is 128 cm³/mol. The molecular weight excluding hydrogens is 386 g/mol. The van der Waals surface area contributed by atoms with Crippen molar-refractivity contribution in [1.82, 2.24) is 0 Å². The summed E-state index contributed by atoms with van der Waals surface area (Å²) in [5, 5.41) is 12.4. The maximum Gasteiger partial charge on any atom is 0.131 e. The standard InChI is InChI=1S/C27H27NO3/c1-18(21-7-11-23(28-30)12-8-21)16-20-6-15-26(25(17-20)27(3,4)5)31-19(2)22-9-13-24(29)14-10-22/h6-15,17,29H,1-2,16H2,3-5H3. The lowest BCUT2D eigenvalue weighted by atomic mass is 9.84. The van der Waals surface area contributed by atoms with E-state index in [0.29, 0.717) is 17.9 Å². The van der Waals surface area contributed by atoms with Crippen LogP contribution in [0.1, 0.15) is 43.0 Å². The highest BCUT2D eigenvalue weighted by molar-refractivity contribution is 5.67. The highest BCUT2D eigenvalue weighted by Gasteiger charge is 2.21. The molecule has 0 saturated carbocycles. The maximum absolute atomic E-state index is 10.6. The van der Waals surface area contributed by atoms with Crippen molar-refractivity contribution in [3.05, 3.63) is 107 Å². The Labute approximate surface area is 183 Å². The van der Waals surface area contributed by atoms with E-state index in [2.05, 4.69) is 45.2 Å². The Morgan fingerprint density at radius 1 is 0.935 bits per heavy atom. The fourth-order valence-electron chi connectivity index (χ4n) is 3.31. The highest BCUT2D eigenvalue weighted by Crippen LogP contribution is 2.35. The van der Waals surface area contributed by atoms with Gasteiger partial charge >= 0.3 is 0 Å². The molecule has 3 rings (SSSR count). The van der Waals surface area contributed by atoms with Gasteiger partial charge in [-0.2, -0.15) is 0 Å². The zero-order chi connectivity index (χ0) is 22.6. The van der Waals surface area contributed by atoms with Crippen LogP contribution in [0.4, 0.5) is 5.69 Å². The fraction of sp³-hybridized carbons (Fsp3) is 0.185. The predicted octanol–water partition coefficient (Wildman–Crippen LogP) is 7.39. The van der Waals surface area contributed by atoms with Crippen LogP contribution in [0.3, 0.4) is 0 Å². The van der Waals surface area contributed by atoms with Gasteiger partial charge in [0.05, 0.1) is 0 Å². The summed E-state index contributed by atoms with van der Waals surface area (Å²) in [7, 11) is 0. The maximum atomic E-state index is 10.6. The molecule has 0 bridgehead atoms. The number of nitrogens with zero attached hydrogens (tertiary/aromatic N) is 1. The largest absolute Gasteiger partial charge is 0.508 e. The molecule has 0 radical (unpaired) electrons. The van der Waals surface area contributed by atoms with Crippen molar-refractivity contribution >= 4 is 17.0 Å². The van der Waals surface area contributed by atoms with E-state index in [4.69, 9.17) is 4.74 Å². The van der Waals surface area contributed by atoms with Crippen molar-refractivity contribution in [3.63, 3.8) is 0 Å². The second-order valence-corrected chi connectivity index (χ2v) is 8.57. The molecule has 4 heteroatoms. The van der Waals surface area contributed by atoms with Crippen molar-refractivity contribution in [2.75, 3.05) is 0 Å². The van der Waals surface area contributed by atoms with E-state index < -0.39 is 0 Å². The molecule has 0 spiro atoms. The van der Waals surface area contributed by atoms with Crippen LogP contribution >= 0.6 is 0 Å². The number of nitroso groups, excluding NO2 is 1. The van der Waals surface area contributed by atoms with Gasteiger partial charge in [0.15, 0.2) is 0 Å². The van der Waals surface area contributed by atoms with Gasteiger partial charge < -0.3 is 9.84 Å². The van der Waals surface area contributed by atoms with Gasteiger partial charge in [0, 0.05) is 11.1 Å². The second-order valence-electron chi connectivity index (χ2n) is 8.57. The summed E-state index contributed by atoms with van der Waals surface area (Å²) in [6.07, 6.45) is 0.677. The van der Waals surface area contributed by atoms with E-state index in [1.807, 2.05) is 24.3 Å². The molecule has 0 fully saturated rings. The SMILES string of the molecule is C=C(Cc1ccc(OC(=C)c2ccc(O)cc2)c(C(C)(C)C)c1)c1ccc(N=O)cc1. The van der Waals surface area contributed by atoms with Gasteiger partial charge in [-0.25, -0.2) is 0 Å². The number of benzene rings is 3. The zero-order valence-electron chi connectivity index (χ0n) is 18.2. The van der Waals surface area contributed by atoms with Crippen LogP contribution in [-0.2, 0) is 11.8 Å². The molecule has 0 saturated heterocycles. The third kappa shape index (κ3) is 5.48. The van der Waals surface area contributed by atoms with E-state index in [-0.39, 0.29) is 11.2 Å². The summed E-state index contributed by atoms with van der Waals surface area (Å²) in [6, 6.07) is 20.0. The summed E-state index contributed by atoms with van der Waals surface area (Å²) in [4.78, 5) is 10.6. The van der Waals surface area contributed by atoms with Crippen molar-refractivity contribution in [2.24, 2.45) is 5.18 Å². The van der Waals surface area contributed by atoms with Gasteiger partial charge in [-0.05, 0) is 76.2 Å². The first kappa shape index (κ1) is 22.0. The molecule has 0 aromatic heterocycles. The first-order valence-corrected chi connectivity index (χ1v) is 10.1. The fourth-order valence-corrected chi connectivity index (χ4v) is 3.31. The highest BCUT2D eigenvalue weighted by atomic mass is 16.5. The zero-order valence-corrected chi connectivity index (χ0v) is 18.2. The van der Waals surface area contributed by atoms with Gasteiger partial charge in [-0.3, -0.25) is 0 Å². The number of hydrogen-bond acceptors (Lipinski definition) is 4. The van der Waals surface area contributed by atoms with Gasteiger partial charge in [0.2, 0.25) is 0 Å². The Balaban J connectivity index is 1.83. The number of rotatable bonds is 7. The summed E-state index contributed by atoms with van der Waals surface area (Å²) in [6.45, 7) is 14.7. The molecule has 3 aromatic carbocycles. The minimum absolute atomic E-state index is 0.140. The lowest BCUT2D eigenvalue weighted by molar-refractivity contribution is 0.473. The van der Waals surface area contributed by atoms with Crippen LogP contribution in [0.25, 0.3) is 11.3 Å². The van der Waals surface area contributed by atoms with E-state index in [1.165, 1.54) is 0 Å². The molecule has 0 aliphatic rings. The molecule has 31 heavy (non-hydrogen) atoms. The van der Waals surface area contributed by atoms with E-state index >= 15 is 0 Å². The Morgan fingerprint density at radius 2 is 1.55 bits per heavy atom. The number of phenolic OH excluding ortho intramolecular Hbond substituents is 1. The Hall–Kier alpha value is -3.66. The van der Waals surface area contributed by atoms with Crippen molar-refractivity contribution in [3.8, 4) is 11.5 Å². The lowest BCUT2D eigenvalue weighted by Crippen LogP contribution is -2.14. The van der Waals surface area contributed by atoms with Crippen molar-refractivity contribution in [2.45, 2.75) is 32.6 Å². The molecule has 158 valence electrons. The summed E-state index contributed by atoms with van der Waals surface area (Å²) in [5.74, 6) is 1.47. The molecule has 0 unspecified atom stereocenters. The average Bonchev–Trinajstić information content (AvgIpc) is 2.74. The Morgan fingerprint density at radius 3 is 2.13 bits per heavy atom. The van der Waals surface area contributed by atoms with Gasteiger partial charge in [-0.1, -0.05) is 58.2 Å². The van der Waals surface area contributed by atoms with Crippen molar-refractivity contribution < 1.29 is 9.84 Å². The molecule has 1 N–H and O–H groups in total. The number of ether oxygens (including phenoxy) is 1. The molecule has 0 aliphatic heterocycles. The number of aromatic hydroxyl groups is 1. The van der Waals surface area contributed by atoms with Crippen LogP contribution in [-0.4, -0.2) is 5.11 Å². The van der Waals surface area contributed by atoms with Crippen LogP contribution < -0.4 is 4.74 Å². The van der Waals surface area contributed by atoms with E-state index in [9.17, 15) is 10.0 Å². The monoisotopic (exact) mass is 413 g/mol. The Bertz CT molecular complexity index is 1100. The smallest absolute Gasteiger partial charge is 0.131 e. The lowest BCUT2D eigenvalue weighted by Gasteiger charge is -2.24. The minimum atomic E-state index is -0.140. The molecular formula is C27H27NO3. The van der Waals surface area contributed by atoms with Gasteiger partial charge in [0.25, 0.3) is 0 Å². The molecule has 4 nitrogen and oxygen atoms in total. The summed E-state index contributed by atoms with van der Waals surface area (Å²) >= 11 is 0. The minimum Gasteiger partial charge on any atom is -0.508 e. The topological polar surface area (TPSA) is 58.9 Å². The van der Waals surface area contributed by atoms with Crippen molar-refractivity contribution in [1.29, 1.82) is 0 Å². The number of allylic oxidation sites excluding steroid dienone is 1. The van der Waals surface area contributed by atoms with Crippen LogP contribution in [0.5, 0.6) is 11.5 Å². The van der Waals surface area contributed by atoms with Crippen LogP contribution in [0.15, 0.2) is 85.1 Å². The summed E-state index contributed by atoms with van der Waals surface area (Å²) in [5.41, 5.74) is 5.20. The third-order valence-electron chi connectivity index (χ3n) is 5.07. The third-order valence-corrected chi connectivity index (χ3v) is 5.07. The number of phenols is 1. The van der Waals surface area contributed by atoms with E-state index in [1.54, 1.807) is 36.4 Å². The number of hydrogen-bond donors (Lipinski definition) is 1. The molecule has 3 aromatic rings. The molecule has 0 heterocycles. The summed E-state index contributed by atoms with van der Waals surface area (Å²) < 4.78 is 6.13. The van der Waals surface area contributed by atoms with Gasteiger partial charge in [-0.15, -0.1) is 4.91 Å². The first-order chi connectivity index (χ1) is 14.7. The molecule has 0 aliphatic carbocycles. The quantitative estimate of drug-likeness (QED) is 0.324. The molecule has 0 amide bonds. The molecule has 0 atom stereocenters. The van der Waals surface area contributed by atoms with Crippen LogP contribution in [0.2, 0.25) is 0 Å². The van der Waals surface area contributed by atoms with Gasteiger partial charge in [0.1, 0.15) is 22.9 Å². The van der Waals surface area contributed by atoms with E-state index in [0.717, 1.165) is 33.6 Å².